The summed E-state index contributed by atoms with van der Waals surface area (Å²) in [4.78, 5) is 23.5. The number of carbonyl (C=O) groups excluding carboxylic acids is 1. The van der Waals surface area contributed by atoms with Crippen molar-refractivity contribution in [2.45, 2.75) is 58.9 Å². The highest BCUT2D eigenvalue weighted by atomic mass is 16.5. The predicted octanol–water partition coefficient (Wildman–Crippen LogP) is 3.01. The van der Waals surface area contributed by atoms with E-state index in [1.807, 2.05) is 36.2 Å². The topological polar surface area (TPSA) is 60.2 Å². The zero-order valence-electron chi connectivity index (χ0n) is 15.5. The van der Waals surface area contributed by atoms with E-state index in [0.717, 1.165) is 36.0 Å². The van der Waals surface area contributed by atoms with E-state index in [1.165, 1.54) is 12.8 Å². The Morgan fingerprint density at radius 3 is 2.88 bits per heavy atom. The minimum atomic E-state index is 0.0298. The zero-order valence-corrected chi connectivity index (χ0v) is 15.5. The van der Waals surface area contributed by atoms with Crippen LogP contribution in [-0.2, 0) is 29.3 Å². The Balaban J connectivity index is 1.37. The van der Waals surface area contributed by atoms with Gasteiger partial charge in [0.05, 0.1) is 36.8 Å². The number of ether oxygens (including phenoxy) is 1. The maximum Gasteiger partial charge on any atom is 0.223 e. The van der Waals surface area contributed by atoms with E-state index in [-0.39, 0.29) is 11.9 Å². The van der Waals surface area contributed by atoms with Crippen molar-refractivity contribution in [3.05, 3.63) is 47.3 Å². The van der Waals surface area contributed by atoms with E-state index in [9.17, 15) is 4.79 Å². The van der Waals surface area contributed by atoms with E-state index in [2.05, 4.69) is 21.5 Å². The third-order valence-electron chi connectivity index (χ3n) is 5.30. The summed E-state index contributed by atoms with van der Waals surface area (Å²) in [6.45, 7) is 6.59. The Bertz CT molecular complexity index is 797. The highest BCUT2D eigenvalue weighted by molar-refractivity contribution is 5.77. The van der Waals surface area contributed by atoms with Crippen LogP contribution in [0.2, 0.25) is 0 Å². The second kappa shape index (κ2) is 7.19. The van der Waals surface area contributed by atoms with Gasteiger partial charge in [0, 0.05) is 25.2 Å². The van der Waals surface area contributed by atoms with Crippen molar-refractivity contribution in [2.75, 3.05) is 6.54 Å². The molecular weight excluding hydrogens is 328 g/mol. The van der Waals surface area contributed by atoms with Gasteiger partial charge in [0.1, 0.15) is 5.82 Å². The summed E-state index contributed by atoms with van der Waals surface area (Å²) in [5.41, 5.74) is 3.00. The molecule has 0 spiro atoms. The lowest BCUT2D eigenvalue weighted by Gasteiger charge is -2.34. The lowest BCUT2D eigenvalue weighted by Crippen LogP contribution is -2.41. The van der Waals surface area contributed by atoms with Gasteiger partial charge in [0.2, 0.25) is 5.91 Å². The fourth-order valence-electron chi connectivity index (χ4n) is 3.64. The van der Waals surface area contributed by atoms with Crippen molar-refractivity contribution in [1.82, 2.24) is 19.4 Å². The second-order valence-corrected chi connectivity index (χ2v) is 7.43. The summed E-state index contributed by atoms with van der Waals surface area (Å²) in [5, 5.41) is 0. The van der Waals surface area contributed by atoms with Gasteiger partial charge >= 0.3 is 0 Å². The molecule has 1 aliphatic carbocycles. The van der Waals surface area contributed by atoms with E-state index < -0.39 is 0 Å². The number of aromatic nitrogens is 3. The van der Waals surface area contributed by atoms with Crippen molar-refractivity contribution in [1.29, 1.82) is 0 Å². The van der Waals surface area contributed by atoms with Gasteiger partial charge in [-0.3, -0.25) is 9.78 Å². The van der Waals surface area contributed by atoms with Crippen molar-refractivity contribution in [2.24, 2.45) is 5.92 Å². The summed E-state index contributed by atoms with van der Waals surface area (Å²) in [6, 6.07) is 5.98. The van der Waals surface area contributed by atoms with Crippen LogP contribution < -0.4 is 0 Å². The van der Waals surface area contributed by atoms with Crippen LogP contribution >= 0.6 is 0 Å². The fourth-order valence-corrected chi connectivity index (χ4v) is 3.64. The molecule has 138 valence electrons. The SMILES string of the molecule is Cc1cccc(COCc2cnc3n2CCN(C(=O)CC2CC2)C3C)n1. The molecule has 0 radical (unpaired) electrons. The van der Waals surface area contributed by atoms with Crippen LogP contribution in [0.5, 0.6) is 0 Å². The Morgan fingerprint density at radius 2 is 2.12 bits per heavy atom. The van der Waals surface area contributed by atoms with Crippen LogP contribution in [0.1, 0.15) is 55.1 Å². The first-order valence-corrected chi connectivity index (χ1v) is 9.46. The molecule has 1 unspecified atom stereocenters. The van der Waals surface area contributed by atoms with Crippen LogP contribution in [-0.4, -0.2) is 31.9 Å². The van der Waals surface area contributed by atoms with Gasteiger partial charge in [-0.1, -0.05) is 6.07 Å². The van der Waals surface area contributed by atoms with E-state index in [4.69, 9.17) is 4.74 Å². The fraction of sp³-hybridized carbons (Fsp3) is 0.550. The number of hydrogen-bond acceptors (Lipinski definition) is 4. The number of fused-ring (bicyclic) bond motifs is 1. The van der Waals surface area contributed by atoms with Gasteiger partial charge in [0.25, 0.3) is 0 Å². The number of imidazole rings is 1. The maximum absolute atomic E-state index is 12.5. The largest absolute Gasteiger partial charge is 0.369 e. The normalized spacial score (nSPS) is 19.5. The quantitative estimate of drug-likeness (QED) is 0.800. The van der Waals surface area contributed by atoms with E-state index >= 15 is 0 Å². The summed E-state index contributed by atoms with van der Waals surface area (Å²) < 4.78 is 8.06. The molecule has 1 aliphatic heterocycles. The third kappa shape index (κ3) is 3.65. The molecule has 1 atom stereocenters. The molecule has 0 saturated heterocycles. The number of hydrogen-bond donors (Lipinski definition) is 0. The lowest BCUT2D eigenvalue weighted by molar-refractivity contribution is -0.134. The van der Waals surface area contributed by atoms with Crippen LogP contribution in [0.4, 0.5) is 0 Å². The molecule has 6 nitrogen and oxygen atoms in total. The lowest BCUT2D eigenvalue weighted by atomic mass is 10.1. The molecule has 0 bridgehead atoms. The number of pyridine rings is 1. The van der Waals surface area contributed by atoms with Gasteiger partial charge in [-0.2, -0.15) is 0 Å². The summed E-state index contributed by atoms with van der Waals surface area (Å²) in [7, 11) is 0. The second-order valence-electron chi connectivity index (χ2n) is 7.43. The van der Waals surface area contributed by atoms with Gasteiger partial charge in [0.15, 0.2) is 0 Å². The highest BCUT2D eigenvalue weighted by Gasteiger charge is 2.33. The molecule has 6 heteroatoms. The number of rotatable bonds is 6. The first kappa shape index (κ1) is 17.2. The molecule has 3 heterocycles. The Labute approximate surface area is 154 Å². The molecule has 26 heavy (non-hydrogen) atoms. The average molecular weight is 354 g/mol. The number of nitrogens with zero attached hydrogens (tertiary/aromatic N) is 4. The van der Waals surface area contributed by atoms with E-state index in [1.54, 1.807) is 0 Å². The first-order chi connectivity index (χ1) is 12.6. The van der Waals surface area contributed by atoms with Gasteiger partial charge in [-0.05, 0) is 44.7 Å². The van der Waals surface area contributed by atoms with Crippen LogP contribution in [0, 0.1) is 12.8 Å². The van der Waals surface area contributed by atoms with Crippen molar-refractivity contribution >= 4 is 5.91 Å². The first-order valence-electron chi connectivity index (χ1n) is 9.46. The molecule has 2 aromatic heterocycles. The molecule has 4 rings (SSSR count). The molecular formula is C20H26N4O2. The zero-order chi connectivity index (χ0) is 18.1. The molecule has 1 fully saturated rings. The number of carbonyl (C=O) groups is 1. The highest BCUT2D eigenvalue weighted by Crippen LogP contribution is 2.35. The van der Waals surface area contributed by atoms with Crippen LogP contribution in [0.3, 0.4) is 0 Å². The Hall–Kier alpha value is -2.21. The van der Waals surface area contributed by atoms with Crippen LogP contribution in [0.25, 0.3) is 0 Å². The Morgan fingerprint density at radius 1 is 1.27 bits per heavy atom. The molecule has 2 aromatic rings. The smallest absolute Gasteiger partial charge is 0.223 e. The minimum absolute atomic E-state index is 0.0298. The number of aryl methyl sites for hydroxylation is 1. The summed E-state index contributed by atoms with van der Waals surface area (Å²) in [6.07, 6.45) is 4.99. The van der Waals surface area contributed by atoms with Crippen LogP contribution in [0.15, 0.2) is 24.4 Å². The summed E-state index contributed by atoms with van der Waals surface area (Å²) in [5.74, 6) is 1.86. The molecule has 1 saturated carbocycles. The third-order valence-corrected chi connectivity index (χ3v) is 5.30. The Kier molecular flexibility index (Phi) is 4.76. The minimum Gasteiger partial charge on any atom is -0.369 e. The average Bonchev–Trinajstić information content (AvgIpc) is 3.33. The van der Waals surface area contributed by atoms with Gasteiger partial charge in [-0.15, -0.1) is 0 Å². The molecule has 2 aliphatic rings. The van der Waals surface area contributed by atoms with Gasteiger partial charge in [-0.25, -0.2) is 4.98 Å². The standard InChI is InChI=1S/C20H26N4O2/c1-14-4-3-5-17(22-14)12-26-13-18-11-21-20-15(2)23(8-9-24(18)20)19(25)10-16-6-7-16/h3-5,11,15-16H,6-10,12-13H2,1-2H3. The maximum atomic E-state index is 12.5. The van der Waals surface area contributed by atoms with Gasteiger partial charge < -0.3 is 14.2 Å². The van der Waals surface area contributed by atoms with Crippen molar-refractivity contribution in [3.8, 4) is 0 Å². The van der Waals surface area contributed by atoms with E-state index in [0.29, 0.717) is 25.6 Å². The predicted molar refractivity (Wildman–Crippen MR) is 97.2 cm³/mol. The number of amides is 1. The molecule has 0 N–H and O–H groups in total. The summed E-state index contributed by atoms with van der Waals surface area (Å²) >= 11 is 0. The molecule has 0 aromatic carbocycles. The molecule has 1 amide bonds. The van der Waals surface area contributed by atoms with Crippen molar-refractivity contribution in [3.63, 3.8) is 0 Å². The monoisotopic (exact) mass is 354 g/mol. The van der Waals surface area contributed by atoms with Crippen molar-refractivity contribution < 1.29 is 9.53 Å².